The molecule has 0 saturated carbocycles. The van der Waals surface area contributed by atoms with Crippen LogP contribution in [0.4, 0.5) is 15.8 Å². The summed E-state index contributed by atoms with van der Waals surface area (Å²) < 4.78 is 13.8. The lowest BCUT2D eigenvalue weighted by Crippen LogP contribution is -2.07. The molecule has 2 aromatic rings. The number of hydrogen-bond acceptors (Lipinski definition) is 3. The predicted molar refractivity (Wildman–Crippen MR) is 89.4 cm³/mol. The Hall–Kier alpha value is -1.41. The topological polar surface area (TPSA) is 55.2 Å². The molecule has 0 heterocycles. The molecule has 4 nitrogen and oxygen atoms in total. The fourth-order valence-electron chi connectivity index (χ4n) is 1.82. The minimum atomic E-state index is -0.522. The van der Waals surface area contributed by atoms with Crippen LogP contribution < -0.4 is 5.32 Å². The summed E-state index contributed by atoms with van der Waals surface area (Å²) in [5, 5.41) is 14.5. The molecule has 0 unspecified atom stereocenters. The summed E-state index contributed by atoms with van der Waals surface area (Å²) in [7, 11) is 0. The van der Waals surface area contributed by atoms with E-state index in [0.717, 1.165) is 11.6 Å². The summed E-state index contributed by atoms with van der Waals surface area (Å²) in [5.41, 5.74) is 1.10. The van der Waals surface area contributed by atoms with Gasteiger partial charge in [-0.3, -0.25) is 10.1 Å². The van der Waals surface area contributed by atoms with Crippen molar-refractivity contribution in [1.82, 2.24) is 0 Å². The first kappa shape index (κ1) is 16.0. The quantitative estimate of drug-likeness (QED) is 0.435. The lowest BCUT2D eigenvalue weighted by atomic mass is 10.1. The molecule has 2 aromatic carbocycles. The SMILES string of the molecule is O=[N+]([O-])c1cc(I)c(F)cc1NCCc1ccc(Cl)cc1. The Morgan fingerprint density at radius 3 is 2.57 bits per heavy atom. The maximum atomic E-state index is 13.5. The molecule has 0 radical (unpaired) electrons. The van der Waals surface area contributed by atoms with Gasteiger partial charge in [-0.25, -0.2) is 4.39 Å². The van der Waals surface area contributed by atoms with Crippen LogP contribution in [0.3, 0.4) is 0 Å². The maximum Gasteiger partial charge on any atom is 0.293 e. The predicted octanol–water partition coefficient (Wildman–Crippen LogP) is 4.65. The van der Waals surface area contributed by atoms with Crippen LogP contribution >= 0.6 is 34.2 Å². The molecule has 21 heavy (non-hydrogen) atoms. The van der Waals surface area contributed by atoms with E-state index in [1.54, 1.807) is 34.7 Å². The van der Waals surface area contributed by atoms with Crippen molar-refractivity contribution in [2.24, 2.45) is 0 Å². The van der Waals surface area contributed by atoms with E-state index in [4.69, 9.17) is 11.6 Å². The molecule has 0 saturated heterocycles. The van der Waals surface area contributed by atoms with Gasteiger partial charge in [-0.1, -0.05) is 23.7 Å². The Kier molecular flexibility index (Phi) is 5.35. The van der Waals surface area contributed by atoms with E-state index < -0.39 is 10.7 Å². The number of rotatable bonds is 5. The van der Waals surface area contributed by atoms with Gasteiger partial charge in [0, 0.05) is 23.7 Å². The second-order valence-corrected chi connectivity index (χ2v) is 5.94. The van der Waals surface area contributed by atoms with E-state index in [1.165, 1.54) is 6.07 Å². The second-order valence-electron chi connectivity index (χ2n) is 4.34. The molecular formula is C14H11ClFIN2O2. The van der Waals surface area contributed by atoms with Gasteiger partial charge in [0.25, 0.3) is 5.69 Å². The average Bonchev–Trinajstić information content (AvgIpc) is 2.44. The number of nitrogens with one attached hydrogen (secondary N) is 1. The summed E-state index contributed by atoms with van der Waals surface area (Å²) in [6.45, 7) is 0.461. The number of anilines is 1. The van der Waals surface area contributed by atoms with Gasteiger partial charge >= 0.3 is 0 Å². The smallest absolute Gasteiger partial charge is 0.293 e. The van der Waals surface area contributed by atoms with Gasteiger partial charge in [0.15, 0.2) is 0 Å². The highest BCUT2D eigenvalue weighted by molar-refractivity contribution is 14.1. The van der Waals surface area contributed by atoms with Crippen LogP contribution in [0.2, 0.25) is 5.02 Å². The van der Waals surface area contributed by atoms with Crippen molar-refractivity contribution >= 4 is 45.6 Å². The van der Waals surface area contributed by atoms with E-state index >= 15 is 0 Å². The average molecular weight is 421 g/mol. The molecular weight excluding hydrogens is 410 g/mol. The maximum absolute atomic E-state index is 13.5. The van der Waals surface area contributed by atoms with E-state index in [-0.39, 0.29) is 14.9 Å². The monoisotopic (exact) mass is 420 g/mol. The summed E-state index contributed by atoms with van der Waals surface area (Å²) >= 11 is 7.53. The number of halogens is 3. The van der Waals surface area contributed by atoms with Crippen LogP contribution in [0.25, 0.3) is 0 Å². The van der Waals surface area contributed by atoms with Gasteiger partial charge in [-0.05, 0) is 46.7 Å². The zero-order chi connectivity index (χ0) is 15.4. The molecule has 0 spiro atoms. The van der Waals surface area contributed by atoms with Crippen molar-refractivity contribution in [2.75, 3.05) is 11.9 Å². The van der Waals surface area contributed by atoms with Crippen LogP contribution in [0.1, 0.15) is 5.56 Å². The van der Waals surface area contributed by atoms with Crippen molar-refractivity contribution in [1.29, 1.82) is 0 Å². The molecule has 7 heteroatoms. The normalized spacial score (nSPS) is 10.4. The van der Waals surface area contributed by atoms with E-state index in [0.29, 0.717) is 18.0 Å². The zero-order valence-corrected chi connectivity index (χ0v) is 13.7. The molecule has 2 rings (SSSR count). The van der Waals surface area contributed by atoms with Crippen molar-refractivity contribution in [3.8, 4) is 0 Å². The van der Waals surface area contributed by atoms with Gasteiger partial charge in [-0.15, -0.1) is 0 Å². The van der Waals surface area contributed by atoms with Crippen LogP contribution in [-0.2, 0) is 6.42 Å². The summed E-state index contributed by atoms with van der Waals surface area (Å²) in [4.78, 5) is 10.5. The minimum absolute atomic E-state index is 0.128. The van der Waals surface area contributed by atoms with E-state index in [2.05, 4.69) is 5.32 Å². The van der Waals surface area contributed by atoms with Gasteiger partial charge < -0.3 is 5.32 Å². The van der Waals surface area contributed by atoms with Crippen molar-refractivity contribution in [2.45, 2.75) is 6.42 Å². The summed E-state index contributed by atoms with van der Waals surface area (Å²) in [6, 6.07) is 9.70. The third-order valence-corrected chi connectivity index (χ3v) is 3.96. The molecule has 0 fully saturated rings. The Morgan fingerprint density at radius 2 is 1.95 bits per heavy atom. The first-order chi connectivity index (χ1) is 9.97. The van der Waals surface area contributed by atoms with Crippen molar-refractivity contribution in [3.63, 3.8) is 0 Å². The summed E-state index contributed by atoms with van der Waals surface area (Å²) in [5.74, 6) is -0.477. The molecule has 1 N–H and O–H groups in total. The first-order valence-electron chi connectivity index (χ1n) is 6.09. The Bertz CT molecular complexity index is 665. The van der Waals surface area contributed by atoms with Gasteiger partial charge in [-0.2, -0.15) is 0 Å². The Morgan fingerprint density at radius 1 is 1.29 bits per heavy atom. The molecule has 0 aliphatic heterocycles. The van der Waals surface area contributed by atoms with Gasteiger partial charge in [0.1, 0.15) is 11.5 Å². The lowest BCUT2D eigenvalue weighted by molar-refractivity contribution is -0.384. The van der Waals surface area contributed by atoms with Crippen LogP contribution in [0, 0.1) is 19.5 Å². The van der Waals surface area contributed by atoms with Crippen LogP contribution in [0.5, 0.6) is 0 Å². The number of benzene rings is 2. The molecule has 0 aliphatic rings. The van der Waals surface area contributed by atoms with E-state index in [9.17, 15) is 14.5 Å². The largest absolute Gasteiger partial charge is 0.379 e. The van der Waals surface area contributed by atoms with Crippen molar-refractivity contribution in [3.05, 3.63) is 66.5 Å². The standard InChI is InChI=1S/C14H11ClFIN2O2/c15-10-3-1-9(2-4-10)5-6-18-13-7-11(16)12(17)8-14(13)19(20)21/h1-4,7-8,18H,5-6H2. The molecule has 0 bridgehead atoms. The summed E-state index contributed by atoms with van der Waals surface area (Å²) in [6.07, 6.45) is 0.655. The highest BCUT2D eigenvalue weighted by atomic mass is 127. The minimum Gasteiger partial charge on any atom is -0.379 e. The third-order valence-electron chi connectivity index (χ3n) is 2.88. The second kappa shape index (κ2) is 7.04. The van der Waals surface area contributed by atoms with E-state index in [1.807, 2.05) is 12.1 Å². The Labute approximate surface area is 139 Å². The number of nitrogens with zero attached hydrogens (tertiary/aromatic N) is 1. The number of hydrogen-bond donors (Lipinski definition) is 1. The molecule has 0 amide bonds. The Balaban J connectivity index is 2.07. The fourth-order valence-corrected chi connectivity index (χ4v) is 2.40. The highest BCUT2D eigenvalue weighted by Crippen LogP contribution is 2.28. The fraction of sp³-hybridized carbons (Fsp3) is 0.143. The van der Waals surface area contributed by atoms with Crippen LogP contribution in [0.15, 0.2) is 36.4 Å². The zero-order valence-electron chi connectivity index (χ0n) is 10.8. The highest BCUT2D eigenvalue weighted by Gasteiger charge is 2.17. The molecule has 110 valence electrons. The lowest BCUT2D eigenvalue weighted by Gasteiger charge is -2.08. The van der Waals surface area contributed by atoms with Gasteiger partial charge in [0.2, 0.25) is 0 Å². The van der Waals surface area contributed by atoms with Crippen LogP contribution in [-0.4, -0.2) is 11.5 Å². The molecule has 0 atom stereocenters. The first-order valence-corrected chi connectivity index (χ1v) is 7.55. The number of nitro groups is 1. The molecule has 0 aliphatic carbocycles. The van der Waals surface area contributed by atoms with Crippen molar-refractivity contribution < 1.29 is 9.31 Å². The number of nitro benzene ring substituents is 1. The third kappa shape index (κ3) is 4.28. The van der Waals surface area contributed by atoms with Gasteiger partial charge in [0.05, 0.1) is 8.49 Å². The molecule has 0 aromatic heterocycles.